The highest BCUT2D eigenvalue weighted by molar-refractivity contribution is 5.62. The molecule has 2 fully saturated rings. The highest BCUT2D eigenvalue weighted by Crippen LogP contribution is 2.38. The second-order valence-electron chi connectivity index (χ2n) is 10.5. The summed E-state index contributed by atoms with van der Waals surface area (Å²) in [6.07, 6.45) is 3.96. The van der Waals surface area contributed by atoms with Crippen LogP contribution in [-0.2, 0) is 7.05 Å². The van der Waals surface area contributed by atoms with Gasteiger partial charge in [0.2, 0.25) is 5.95 Å². The summed E-state index contributed by atoms with van der Waals surface area (Å²) in [7, 11) is 1.43. The predicted octanol–water partition coefficient (Wildman–Crippen LogP) is 2.65. The molecular weight excluding hydrogens is 484 g/mol. The summed E-state index contributed by atoms with van der Waals surface area (Å²) in [5, 5.41) is 23.6. The van der Waals surface area contributed by atoms with Gasteiger partial charge in [-0.1, -0.05) is 0 Å². The van der Waals surface area contributed by atoms with E-state index in [1.165, 1.54) is 26.5 Å². The van der Waals surface area contributed by atoms with E-state index < -0.39 is 23.4 Å². The second-order valence-corrected chi connectivity index (χ2v) is 10.5. The molecule has 2 aliphatic heterocycles. The van der Waals surface area contributed by atoms with Gasteiger partial charge in [0.15, 0.2) is 11.6 Å². The van der Waals surface area contributed by atoms with E-state index in [9.17, 15) is 14.3 Å². The average molecular weight is 516 g/mol. The van der Waals surface area contributed by atoms with E-state index in [2.05, 4.69) is 49.8 Å². The zero-order valence-electron chi connectivity index (χ0n) is 21.2. The zero-order chi connectivity index (χ0) is 26.5. The summed E-state index contributed by atoms with van der Waals surface area (Å²) in [6, 6.07) is 2.90. The fourth-order valence-electron chi connectivity index (χ4n) is 5.62. The molecule has 2 aromatic heterocycles. The maximum atomic E-state index is 15.0. The van der Waals surface area contributed by atoms with E-state index in [1.54, 1.807) is 0 Å². The number of hydrogen-bond acceptors (Lipinski definition) is 9. The topological polar surface area (TPSA) is 126 Å². The van der Waals surface area contributed by atoms with E-state index in [0.717, 1.165) is 47.4 Å². The van der Waals surface area contributed by atoms with Crippen LogP contribution in [0.4, 0.5) is 26.2 Å². The third-order valence-corrected chi connectivity index (χ3v) is 7.30. The molecule has 0 spiro atoms. The van der Waals surface area contributed by atoms with Crippen LogP contribution < -0.4 is 16.3 Å². The highest BCUT2D eigenvalue weighted by atomic mass is 19.1. The van der Waals surface area contributed by atoms with Gasteiger partial charge in [-0.25, -0.2) is 18.6 Å². The number of piperidine rings is 1. The van der Waals surface area contributed by atoms with Crippen LogP contribution in [0.5, 0.6) is 0 Å². The molecule has 5 rings (SSSR count). The molecule has 13 heteroatoms. The summed E-state index contributed by atoms with van der Waals surface area (Å²) < 4.78 is 31.7. The first-order valence-electron chi connectivity index (χ1n) is 12.4. The van der Waals surface area contributed by atoms with E-state index in [1.807, 2.05) is 0 Å². The van der Waals surface area contributed by atoms with Crippen molar-refractivity contribution in [1.82, 2.24) is 34.7 Å². The standard InChI is InChI=1S/C24H31F2N9O2/c1-13(36)16-9-17(25)19(10-20(16)35-23(37)33(4)31-32-35)29-22-27-12-18(26)21(30-22)28-14-8-15-6-5-7-34(15)24(2,3)11-14/h9-10,12-15,36H,5-8,11H2,1-4H3,(H2,27,28,29,30). The van der Waals surface area contributed by atoms with Crippen molar-refractivity contribution in [2.45, 2.75) is 70.2 Å². The quantitative estimate of drug-likeness (QED) is 0.454. The van der Waals surface area contributed by atoms with Crippen molar-refractivity contribution >= 4 is 17.5 Å². The molecule has 1 aromatic carbocycles. The van der Waals surface area contributed by atoms with Gasteiger partial charge in [0.05, 0.1) is 23.7 Å². The molecule has 0 amide bonds. The molecule has 3 aromatic rings. The van der Waals surface area contributed by atoms with Crippen LogP contribution in [0, 0.1) is 11.6 Å². The number of fused-ring (bicyclic) bond motifs is 1. The predicted molar refractivity (Wildman–Crippen MR) is 133 cm³/mol. The van der Waals surface area contributed by atoms with Gasteiger partial charge in [-0.05, 0) is 75.6 Å². The number of aliphatic hydroxyl groups excluding tert-OH is 1. The normalized spacial score (nSPS) is 22.0. The van der Waals surface area contributed by atoms with Crippen molar-refractivity contribution in [3.8, 4) is 5.69 Å². The lowest BCUT2D eigenvalue weighted by Crippen LogP contribution is -2.55. The Labute approximate surface area is 212 Å². The number of tetrazole rings is 1. The molecule has 198 valence electrons. The van der Waals surface area contributed by atoms with Gasteiger partial charge in [-0.2, -0.15) is 14.3 Å². The second kappa shape index (κ2) is 9.45. The Morgan fingerprint density at radius 2 is 2.00 bits per heavy atom. The summed E-state index contributed by atoms with van der Waals surface area (Å²) in [5.41, 5.74) is -0.363. The zero-order valence-corrected chi connectivity index (χ0v) is 21.2. The van der Waals surface area contributed by atoms with Crippen LogP contribution in [0.15, 0.2) is 23.1 Å². The van der Waals surface area contributed by atoms with Gasteiger partial charge in [0.25, 0.3) is 0 Å². The van der Waals surface area contributed by atoms with Gasteiger partial charge >= 0.3 is 5.69 Å². The molecule has 0 saturated carbocycles. The Balaban J connectivity index is 1.42. The largest absolute Gasteiger partial charge is 0.389 e. The van der Waals surface area contributed by atoms with Gasteiger partial charge in [0, 0.05) is 30.2 Å². The minimum Gasteiger partial charge on any atom is -0.389 e. The lowest BCUT2D eigenvalue weighted by Gasteiger charge is -2.47. The van der Waals surface area contributed by atoms with Crippen molar-refractivity contribution in [3.63, 3.8) is 0 Å². The van der Waals surface area contributed by atoms with Crippen LogP contribution >= 0.6 is 0 Å². The Bertz CT molecular complexity index is 1370. The number of rotatable bonds is 6. The number of nitrogens with zero attached hydrogens (tertiary/aromatic N) is 7. The monoisotopic (exact) mass is 515 g/mol. The highest BCUT2D eigenvalue weighted by Gasteiger charge is 2.43. The Morgan fingerprint density at radius 1 is 1.22 bits per heavy atom. The maximum Gasteiger partial charge on any atom is 0.368 e. The van der Waals surface area contributed by atoms with Gasteiger partial charge in [0.1, 0.15) is 5.82 Å². The molecule has 3 N–H and O–H groups in total. The molecule has 4 heterocycles. The number of halogens is 2. The van der Waals surface area contributed by atoms with E-state index in [-0.39, 0.29) is 40.3 Å². The van der Waals surface area contributed by atoms with Crippen LogP contribution in [0.25, 0.3) is 5.69 Å². The summed E-state index contributed by atoms with van der Waals surface area (Å²) in [5.74, 6) is -1.30. The number of anilines is 3. The molecule has 3 atom stereocenters. The maximum absolute atomic E-state index is 15.0. The average Bonchev–Trinajstić information content (AvgIpc) is 3.44. The van der Waals surface area contributed by atoms with E-state index in [4.69, 9.17) is 0 Å². The van der Waals surface area contributed by atoms with Crippen LogP contribution in [-0.4, -0.2) is 63.9 Å². The van der Waals surface area contributed by atoms with Gasteiger partial charge in [-0.15, -0.1) is 0 Å². The number of hydrogen-bond donors (Lipinski definition) is 3. The lowest BCUT2D eigenvalue weighted by molar-refractivity contribution is 0.0500. The fourth-order valence-corrected chi connectivity index (χ4v) is 5.62. The van der Waals surface area contributed by atoms with Gasteiger partial charge < -0.3 is 15.7 Å². The molecule has 2 aliphatic rings. The van der Waals surface area contributed by atoms with Crippen LogP contribution in [0.1, 0.15) is 58.1 Å². The van der Waals surface area contributed by atoms with E-state index in [0.29, 0.717) is 6.04 Å². The van der Waals surface area contributed by atoms with E-state index >= 15 is 4.39 Å². The van der Waals surface area contributed by atoms with Crippen molar-refractivity contribution in [1.29, 1.82) is 0 Å². The van der Waals surface area contributed by atoms with Crippen molar-refractivity contribution < 1.29 is 13.9 Å². The number of aryl methyl sites for hydroxylation is 1. The van der Waals surface area contributed by atoms with Crippen LogP contribution in [0.3, 0.4) is 0 Å². The third kappa shape index (κ3) is 4.80. The van der Waals surface area contributed by atoms with Gasteiger partial charge in [-0.3, -0.25) is 4.90 Å². The van der Waals surface area contributed by atoms with Crippen molar-refractivity contribution in [3.05, 3.63) is 46.0 Å². The number of benzene rings is 1. The molecule has 0 aliphatic carbocycles. The lowest BCUT2D eigenvalue weighted by atomic mass is 9.84. The van der Waals surface area contributed by atoms with Crippen molar-refractivity contribution in [2.75, 3.05) is 17.2 Å². The minimum absolute atomic E-state index is 0.00873. The molecule has 3 unspecified atom stereocenters. The fraction of sp³-hybridized carbons (Fsp3) is 0.542. The summed E-state index contributed by atoms with van der Waals surface area (Å²) in [6.45, 7) is 6.96. The molecule has 0 bridgehead atoms. The van der Waals surface area contributed by atoms with Crippen molar-refractivity contribution in [2.24, 2.45) is 7.05 Å². The first-order valence-corrected chi connectivity index (χ1v) is 12.4. The molecule has 37 heavy (non-hydrogen) atoms. The first kappa shape index (κ1) is 25.2. The Kier molecular flexibility index (Phi) is 6.44. The molecule has 0 radical (unpaired) electrons. The van der Waals surface area contributed by atoms with Crippen LogP contribution in [0.2, 0.25) is 0 Å². The third-order valence-electron chi connectivity index (χ3n) is 7.30. The number of nitrogens with one attached hydrogen (secondary N) is 2. The molecule has 2 saturated heterocycles. The Hall–Kier alpha value is -3.45. The SMILES string of the molecule is CC(O)c1cc(F)c(Nc2ncc(F)c(NC3CC4CCCN4C(C)(C)C3)n2)cc1-n1nnn(C)c1=O. The smallest absolute Gasteiger partial charge is 0.368 e. The number of aliphatic hydroxyl groups is 1. The summed E-state index contributed by atoms with van der Waals surface area (Å²) >= 11 is 0. The minimum atomic E-state index is -1.08. The first-order chi connectivity index (χ1) is 17.5. The Morgan fingerprint density at radius 3 is 2.70 bits per heavy atom. The molecule has 11 nitrogen and oxygen atoms in total. The molecular formula is C24H31F2N9O2. The summed E-state index contributed by atoms with van der Waals surface area (Å²) in [4.78, 5) is 23.2. The number of aromatic nitrogens is 6.